The van der Waals surface area contributed by atoms with Crippen LogP contribution in [0.2, 0.25) is 5.02 Å². The van der Waals surface area contributed by atoms with Crippen molar-refractivity contribution in [1.29, 1.82) is 0 Å². The van der Waals surface area contributed by atoms with Gasteiger partial charge in [0.1, 0.15) is 16.7 Å². The molecule has 1 aromatic carbocycles. The second-order valence-corrected chi connectivity index (χ2v) is 7.23. The number of ether oxygens (including phenoxy) is 1. The standard InChI is InChI=1S/C12H13ClF3NO2S/c1-11(2,3)20(18)17-7-8-4-9(13)6-10(5-8)19-12(14,15)16/h4-7H,1-3H3/b17-7+/t20-/m1/s1. The summed E-state index contributed by atoms with van der Waals surface area (Å²) >= 11 is 5.70. The molecule has 0 aliphatic carbocycles. The molecule has 0 aromatic heterocycles. The van der Waals surface area contributed by atoms with Crippen molar-refractivity contribution in [2.24, 2.45) is 4.40 Å². The van der Waals surface area contributed by atoms with E-state index < -0.39 is 27.8 Å². The molecule has 0 bridgehead atoms. The van der Waals surface area contributed by atoms with Crippen molar-refractivity contribution in [1.82, 2.24) is 0 Å². The molecule has 0 amide bonds. The molecule has 20 heavy (non-hydrogen) atoms. The van der Waals surface area contributed by atoms with Gasteiger partial charge in [-0.2, -0.15) is 4.40 Å². The van der Waals surface area contributed by atoms with Crippen molar-refractivity contribution in [3.63, 3.8) is 0 Å². The van der Waals surface area contributed by atoms with Gasteiger partial charge in [-0.25, -0.2) is 4.21 Å². The molecule has 0 saturated carbocycles. The summed E-state index contributed by atoms with van der Waals surface area (Å²) in [6.45, 7) is 5.20. The highest BCUT2D eigenvalue weighted by Gasteiger charge is 2.31. The van der Waals surface area contributed by atoms with Crippen LogP contribution in [-0.4, -0.2) is 21.5 Å². The maximum absolute atomic E-state index is 12.1. The average molecular weight is 328 g/mol. The first kappa shape index (κ1) is 17.0. The highest BCUT2D eigenvalue weighted by atomic mass is 35.5. The van der Waals surface area contributed by atoms with Gasteiger partial charge in [-0.3, -0.25) is 0 Å². The zero-order valence-electron chi connectivity index (χ0n) is 11.0. The third kappa shape index (κ3) is 5.92. The smallest absolute Gasteiger partial charge is 0.406 e. The Bertz CT molecular complexity index is 538. The SMILES string of the molecule is CC(C)(C)[S@@](=O)/N=C/c1cc(Cl)cc(OC(F)(F)F)c1. The Labute approximate surface area is 122 Å². The highest BCUT2D eigenvalue weighted by molar-refractivity contribution is 7.85. The van der Waals surface area contributed by atoms with Crippen LogP contribution in [0.3, 0.4) is 0 Å². The first-order valence-electron chi connectivity index (χ1n) is 5.50. The third-order valence-electron chi connectivity index (χ3n) is 1.95. The minimum absolute atomic E-state index is 0.0646. The van der Waals surface area contributed by atoms with Crippen molar-refractivity contribution < 1.29 is 22.1 Å². The molecule has 112 valence electrons. The average Bonchev–Trinajstić information content (AvgIpc) is 2.21. The minimum Gasteiger partial charge on any atom is -0.406 e. The quantitative estimate of drug-likeness (QED) is 0.783. The van der Waals surface area contributed by atoms with E-state index in [1.165, 1.54) is 12.3 Å². The summed E-state index contributed by atoms with van der Waals surface area (Å²) in [5.74, 6) is -0.451. The second kappa shape index (κ2) is 6.13. The van der Waals surface area contributed by atoms with Crippen LogP contribution in [0.25, 0.3) is 0 Å². The lowest BCUT2D eigenvalue weighted by Gasteiger charge is -2.13. The molecule has 0 N–H and O–H groups in total. The molecule has 0 radical (unpaired) electrons. The summed E-state index contributed by atoms with van der Waals surface area (Å²) in [7, 11) is -1.51. The van der Waals surface area contributed by atoms with Gasteiger partial charge in [0, 0.05) is 11.2 Å². The van der Waals surface area contributed by atoms with E-state index in [-0.39, 0.29) is 10.6 Å². The molecule has 0 aliphatic rings. The van der Waals surface area contributed by atoms with Crippen LogP contribution in [0.5, 0.6) is 5.75 Å². The van der Waals surface area contributed by atoms with E-state index in [1.807, 2.05) is 0 Å². The fourth-order valence-electron chi connectivity index (χ4n) is 1.12. The van der Waals surface area contributed by atoms with Gasteiger partial charge in [-0.1, -0.05) is 11.6 Å². The van der Waals surface area contributed by atoms with E-state index >= 15 is 0 Å². The fourth-order valence-corrected chi connectivity index (χ4v) is 1.89. The minimum atomic E-state index is -4.80. The molecule has 0 fully saturated rings. The van der Waals surface area contributed by atoms with Gasteiger partial charge >= 0.3 is 6.36 Å². The van der Waals surface area contributed by atoms with Gasteiger partial charge in [0.2, 0.25) is 0 Å². The van der Waals surface area contributed by atoms with Gasteiger partial charge in [0.05, 0.1) is 4.75 Å². The maximum Gasteiger partial charge on any atom is 0.573 e. The number of alkyl halides is 3. The molecular weight excluding hydrogens is 315 g/mol. The van der Waals surface area contributed by atoms with E-state index in [9.17, 15) is 17.4 Å². The Morgan fingerprint density at radius 2 is 1.85 bits per heavy atom. The molecule has 1 aromatic rings. The lowest BCUT2D eigenvalue weighted by atomic mass is 10.2. The van der Waals surface area contributed by atoms with Crippen LogP contribution in [0.1, 0.15) is 26.3 Å². The monoisotopic (exact) mass is 327 g/mol. The largest absolute Gasteiger partial charge is 0.573 e. The first-order valence-corrected chi connectivity index (χ1v) is 6.98. The maximum atomic E-state index is 12.1. The summed E-state index contributed by atoms with van der Waals surface area (Å²) in [6.07, 6.45) is -3.59. The first-order chi connectivity index (χ1) is 8.97. The predicted octanol–water partition coefficient (Wildman–Crippen LogP) is 4.12. The Hall–Kier alpha value is -1.08. The Kier molecular flexibility index (Phi) is 5.21. The summed E-state index contributed by atoms with van der Waals surface area (Å²) < 4.78 is 55.1. The molecule has 0 heterocycles. The van der Waals surface area contributed by atoms with Crippen LogP contribution in [-0.2, 0) is 11.0 Å². The number of nitrogens with zero attached hydrogens (tertiary/aromatic N) is 1. The predicted molar refractivity (Wildman–Crippen MR) is 73.6 cm³/mol. The lowest BCUT2D eigenvalue weighted by Crippen LogP contribution is -2.19. The normalized spacial score (nSPS) is 14.6. The van der Waals surface area contributed by atoms with E-state index in [1.54, 1.807) is 20.8 Å². The van der Waals surface area contributed by atoms with Crippen LogP contribution in [0, 0.1) is 0 Å². The Morgan fingerprint density at radius 3 is 2.35 bits per heavy atom. The van der Waals surface area contributed by atoms with Crippen LogP contribution in [0.15, 0.2) is 22.6 Å². The van der Waals surface area contributed by atoms with Crippen LogP contribution in [0.4, 0.5) is 13.2 Å². The van der Waals surface area contributed by atoms with E-state index in [2.05, 4.69) is 9.13 Å². The second-order valence-electron chi connectivity index (χ2n) is 4.86. The van der Waals surface area contributed by atoms with Crippen LogP contribution < -0.4 is 4.74 Å². The summed E-state index contributed by atoms with van der Waals surface area (Å²) in [6, 6.07) is 3.55. The lowest BCUT2D eigenvalue weighted by molar-refractivity contribution is -0.274. The number of hydrogen-bond acceptors (Lipinski definition) is 2. The van der Waals surface area contributed by atoms with E-state index in [0.29, 0.717) is 0 Å². The van der Waals surface area contributed by atoms with Gasteiger partial charge in [-0.05, 0) is 44.5 Å². The molecule has 0 aliphatic heterocycles. The Morgan fingerprint density at radius 1 is 1.25 bits per heavy atom. The van der Waals surface area contributed by atoms with E-state index in [4.69, 9.17) is 11.6 Å². The van der Waals surface area contributed by atoms with Gasteiger partial charge in [0.15, 0.2) is 0 Å². The molecule has 1 atom stereocenters. The van der Waals surface area contributed by atoms with Crippen LogP contribution >= 0.6 is 11.6 Å². The molecule has 8 heteroatoms. The summed E-state index contributed by atoms with van der Waals surface area (Å²) in [4.78, 5) is 0. The molecule has 1 rings (SSSR count). The van der Waals surface area contributed by atoms with Crippen molar-refractivity contribution in [2.75, 3.05) is 0 Å². The Balaban J connectivity index is 2.97. The van der Waals surface area contributed by atoms with Gasteiger partial charge in [0.25, 0.3) is 0 Å². The van der Waals surface area contributed by atoms with Crippen molar-refractivity contribution in [3.05, 3.63) is 28.8 Å². The van der Waals surface area contributed by atoms with E-state index in [0.717, 1.165) is 12.1 Å². The number of rotatable bonds is 3. The zero-order chi connectivity index (χ0) is 15.6. The van der Waals surface area contributed by atoms with Gasteiger partial charge < -0.3 is 4.74 Å². The number of halogens is 4. The number of hydrogen-bond donors (Lipinski definition) is 0. The molecule has 3 nitrogen and oxygen atoms in total. The van der Waals surface area contributed by atoms with Crippen molar-refractivity contribution in [2.45, 2.75) is 31.9 Å². The number of benzene rings is 1. The summed E-state index contributed by atoms with van der Waals surface area (Å²) in [5, 5.41) is 0.0646. The fraction of sp³-hybridized carbons (Fsp3) is 0.417. The van der Waals surface area contributed by atoms with Gasteiger partial charge in [-0.15, -0.1) is 13.2 Å². The topological polar surface area (TPSA) is 38.7 Å². The highest BCUT2D eigenvalue weighted by Crippen LogP contribution is 2.26. The van der Waals surface area contributed by atoms with Crippen molar-refractivity contribution in [3.8, 4) is 5.75 Å². The molecular formula is C12H13ClF3NO2S. The third-order valence-corrected chi connectivity index (χ3v) is 3.51. The zero-order valence-corrected chi connectivity index (χ0v) is 12.6. The summed E-state index contributed by atoms with van der Waals surface area (Å²) in [5.41, 5.74) is 0.273. The molecule has 0 saturated heterocycles. The molecule has 0 spiro atoms. The van der Waals surface area contributed by atoms with Crippen molar-refractivity contribution >= 4 is 28.8 Å². The molecule has 0 unspecified atom stereocenters.